The molecule has 0 aromatic carbocycles. The normalized spacial score (nSPS) is 12.3. The fraction of sp³-hybridized carbons (Fsp3) is 0.905. The van der Waals surface area contributed by atoms with Gasteiger partial charge in [-0.2, -0.15) is 0 Å². The second-order valence-corrected chi connectivity index (χ2v) is 7.59. The first kappa shape index (κ1) is 22.7. The van der Waals surface area contributed by atoms with E-state index in [-0.39, 0.29) is 4.65 Å². The van der Waals surface area contributed by atoms with E-state index >= 15 is 0 Å². The molecule has 0 saturated heterocycles. The molecular weight excluding hydrogens is 282 g/mol. The molecule has 0 amide bonds. The molecule has 0 aliphatic rings. The summed E-state index contributed by atoms with van der Waals surface area (Å²) in [5.74, 6) is 0. The van der Waals surface area contributed by atoms with Crippen molar-refractivity contribution in [1.29, 1.82) is 0 Å². The van der Waals surface area contributed by atoms with Gasteiger partial charge in [0.25, 0.3) is 0 Å². The SMILES string of the molecule is CCCCCCCC/C=C\CCCCCCCCC[N+](C)(C)[O-]. The van der Waals surface area contributed by atoms with Crippen LogP contribution in [0.4, 0.5) is 0 Å². The molecule has 0 atom stereocenters. The summed E-state index contributed by atoms with van der Waals surface area (Å²) in [6, 6.07) is 0. The second-order valence-electron chi connectivity index (χ2n) is 7.59. The highest BCUT2D eigenvalue weighted by atomic mass is 16.5. The first-order chi connectivity index (χ1) is 11.1. The van der Waals surface area contributed by atoms with Crippen molar-refractivity contribution in [3.8, 4) is 0 Å². The van der Waals surface area contributed by atoms with Gasteiger partial charge in [0, 0.05) is 0 Å². The Hall–Kier alpha value is -0.340. The lowest BCUT2D eigenvalue weighted by Crippen LogP contribution is -2.32. The van der Waals surface area contributed by atoms with Gasteiger partial charge in [-0.3, -0.25) is 0 Å². The molecule has 0 radical (unpaired) electrons. The summed E-state index contributed by atoms with van der Waals surface area (Å²) >= 11 is 0. The molecule has 0 aliphatic carbocycles. The Labute approximate surface area is 146 Å². The number of hydroxylamine groups is 3. The van der Waals surface area contributed by atoms with Gasteiger partial charge in [-0.05, 0) is 38.5 Å². The van der Waals surface area contributed by atoms with Crippen LogP contribution in [0.2, 0.25) is 0 Å². The van der Waals surface area contributed by atoms with Crippen molar-refractivity contribution in [2.24, 2.45) is 0 Å². The van der Waals surface area contributed by atoms with Crippen molar-refractivity contribution in [2.75, 3.05) is 20.6 Å². The van der Waals surface area contributed by atoms with Crippen molar-refractivity contribution in [1.82, 2.24) is 0 Å². The van der Waals surface area contributed by atoms with Gasteiger partial charge in [-0.1, -0.05) is 76.9 Å². The summed E-state index contributed by atoms with van der Waals surface area (Å²) in [5.41, 5.74) is 0. The van der Waals surface area contributed by atoms with Gasteiger partial charge in [0.2, 0.25) is 0 Å². The van der Waals surface area contributed by atoms with Crippen LogP contribution in [0.15, 0.2) is 12.2 Å². The molecule has 2 nitrogen and oxygen atoms in total. The summed E-state index contributed by atoms with van der Waals surface area (Å²) < 4.78 is -0.134. The molecule has 0 aromatic rings. The van der Waals surface area contributed by atoms with Gasteiger partial charge in [0.15, 0.2) is 0 Å². The zero-order chi connectivity index (χ0) is 17.2. The Balaban J connectivity index is 3.11. The maximum Gasteiger partial charge on any atom is 0.0779 e. The Kier molecular flexibility index (Phi) is 16.3. The summed E-state index contributed by atoms with van der Waals surface area (Å²) in [6.45, 7) is 3.04. The molecule has 0 saturated carbocycles. The predicted octanol–water partition coefficient (Wildman–Crippen LogP) is 6.99. The van der Waals surface area contributed by atoms with E-state index in [2.05, 4.69) is 19.1 Å². The lowest BCUT2D eigenvalue weighted by atomic mass is 10.1. The summed E-state index contributed by atoms with van der Waals surface area (Å²) in [4.78, 5) is 0. The Morgan fingerprint density at radius 1 is 0.609 bits per heavy atom. The first-order valence-electron chi connectivity index (χ1n) is 10.3. The van der Waals surface area contributed by atoms with Crippen LogP contribution in [0.25, 0.3) is 0 Å². The van der Waals surface area contributed by atoms with Crippen LogP contribution in [0.3, 0.4) is 0 Å². The molecule has 0 unspecified atom stereocenters. The molecule has 0 rings (SSSR count). The fourth-order valence-corrected chi connectivity index (χ4v) is 2.92. The summed E-state index contributed by atoms with van der Waals surface area (Å²) in [7, 11) is 3.47. The van der Waals surface area contributed by atoms with Crippen LogP contribution in [-0.4, -0.2) is 25.3 Å². The lowest BCUT2D eigenvalue weighted by Gasteiger charge is -2.33. The lowest BCUT2D eigenvalue weighted by molar-refractivity contribution is -0.840. The monoisotopic (exact) mass is 325 g/mol. The maximum absolute atomic E-state index is 11.4. The highest BCUT2D eigenvalue weighted by Gasteiger charge is 2.00. The molecule has 0 heterocycles. The number of hydrogen-bond donors (Lipinski definition) is 0. The fourth-order valence-electron chi connectivity index (χ4n) is 2.92. The number of rotatable bonds is 17. The number of nitrogens with zero attached hydrogens (tertiary/aromatic N) is 1. The molecular formula is C21H43NO. The van der Waals surface area contributed by atoms with Crippen LogP contribution in [-0.2, 0) is 0 Å². The summed E-state index contributed by atoms with van der Waals surface area (Å²) in [5, 5.41) is 11.4. The van der Waals surface area contributed by atoms with Crippen molar-refractivity contribution in [3.05, 3.63) is 17.4 Å². The Morgan fingerprint density at radius 2 is 1.00 bits per heavy atom. The van der Waals surface area contributed by atoms with E-state index in [0.717, 1.165) is 13.0 Å². The van der Waals surface area contributed by atoms with E-state index in [1.165, 1.54) is 89.9 Å². The van der Waals surface area contributed by atoms with Crippen LogP contribution < -0.4 is 0 Å². The Morgan fingerprint density at radius 3 is 1.43 bits per heavy atom. The van der Waals surface area contributed by atoms with Crippen LogP contribution in [0.5, 0.6) is 0 Å². The minimum absolute atomic E-state index is 0.134. The van der Waals surface area contributed by atoms with E-state index < -0.39 is 0 Å². The Bertz CT molecular complexity index is 255. The number of hydrogen-bond acceptors (Lipinski definition) is 1. The van der Waals surface area contributed by atoms with Crippen LogP contribution in [0, 0.1) is 5.21 Å². The van der Waals surface area contributed by atoms with Gasteiger partial charge in [0.05, 0.1) is 20.6 Å². The van der Waals surface area contributed by atoms with E-state index in [9.17, 15) is 5.21 Å². The molecule has 23 heavy (non-hydrogen) atoms. The van der Waals surface area contributed by atoms with Crippen molar-refractivity contribution < 1.29 is 4.65 Å². The average Bonchev–Trinajstić information content (AvgIpc) is 2.49. The molecule has 0 bridgehead atoms. The molecule has 138 valence electrons. The first-order valence-corrected chi connectivity index (χ1v) is 10.3. The molecule has 0 aliphatic heterocycles. The quantitative estimate of drug-likeness (QED) is 0.122. The van der Waals surface area contributed by atoms with Crippen molar-refractivity contribution in [2.45, 2.75) is 103 Å². The molecule has 2 heteroatoms. The zero-order valence-corrected chi connectivity index (χ0v) is 16.3. The van der Waals surface area contributed by atoms with Gasteiger partial charge in [0.1, 0.15) is 0 Å². The smallest absolute Gasteiger partial charge is 0.0779 e. The maximum atomic E-state index is 11.4. The third kappa shape index (κ3) is 21.7. The third-order valence-corrected chi connectivity index (χ3v) is 4.46. The van der Waals surface area contributed by atoms with Crippen molar-refractivity contribution >= 4 is 0 Å². The van der Waals surface area contributed by atoms with Crippen LogP contribution >= 0.6 is 0 Å². The number of quaternary nitrogens is 1. The molecule has 0 N–H and O–H groups in total. The number of unbranched alkanes of at least 4 members (excludes halogenated alkanes) is 13. The molecule has 0 spiro atoms. The minimum Gasteiger partial charge on any atom is -0.633 e. The molecule has 0 aromatic heterocycles. The van der Waals surface area contributed by atoms with Gasteiger partial charge < -0.3 is 9.85 Å². The topological polar surface area (TPSA) is 23.1 Å². The van der Waals surface area contributed by atoms with Gasteiger partial charge >= 0.3 is 0 Å². The van der Waals surface area contributed by atoms with Gasteiger partial charge in [-0.25, -0.2) is 0 Å². The average molecular weight is 326 g/mol. The minimum atomic E-state index is -0.134. The molecule has 0 fully saturated rings. The second kappa shape index (κ2) is 16.5. The van der Waals surface area contributed by atoms with Gasteiger partial charge in [-0.15, -0.1) is 0 Å². The van der Waals surface area contributed by atoms with Crippen LogP contribution in [0.1, 0.15) is 103 Å². The van der Waals surface area contributed by atoms with E-state index in [1.807, 2.05) is 0 Å². The summed E-state index contributed by atoms with van der Waals surface area (Å²) in [6.07, 6.45) is 24.7. The van der Waals surface area contributed by atoms with E-state index in [4.69, 9.17) is 0 Å². The zero-order valence-electron chi connectivity index (χ0n) is 16.3. The predicted molar refractivity (Wildman–Crippen MR) is 104 cm³/mol. The largest absolute Gasteiger partial charge is 0.633 e. The third-order valence-electron chi connectivity index (χ3n) is 4.46. The van der Waals surface area contributed by atoms with E-state index in [0.29, 0.717) is 0 Å². The number of allylic oxidation sites excluding steroid dienone is 2. The van der Waals surface area contributed by atoms with E-state index in [1.54, 1.807) is 14.1 Å². The standard InChI is InChI=1S/C21H43NO/c1-4-5-6-7-8-9-10-11-12-13-14-15-16-17-18-19-20-21-22(2,3)23/h11-12H,4-10,13-21H2,1-3H3/b12-11-. The van der Waals surface area contributed by atoms with Crippen molar-refractivity contribution in [3.63, 3.8) is 0 Å². The highest BCUT2D eigenvalue weighted by molar-refractivity contribution is 4.81. The highest BCUT2D eigenvalue weighted by Crippen LogP contribution is 2.11.